The van der Waals surface area contributed by atoms with Gasteiger partial charge in [0.25, 0.3) is 11.9 Å². The van der Waals surface area contributed by atoms with Crippen LogP contribution in [0.15, 0.2) is 18.3 Å². The Kier molecular flexibility index (Phi) is 4.71. The van der Waals surface area contributed by atoms with Gasteiger partial charge in [-0.25, -0.2) is 4.98 Å². The maximum Gasteiger partial charge on any atom is 0.263 e. The minimum atomic E-state index is -0.684. The molecular formula is C14H19FN2O2. The molecule has 1 fully saturated rings. The van der Waals surface area contributed by atoms with Crippen LogP contribution < -0.4 is 4.74 Å². The monoisotopic (exact) mass is 266 g/mol. The van der Waals surface area contributed by atoms with E-state index in [-0.39, 0.29) is 11.7 Å². The molecule has 0 saturated carbocycles. The Labute approximate surface area is 112 Å². The standard InChI is InChI=1S/C14H19FN2O2/c1-11(19-12-7-6-8-16-13(12)15)14(18)17-9-4-2-3-5-10-17/h6-8,11H,2-5,9-10H2,1H3. The van der Waals surface area contributed by atoms with Crippen molar-refractivity contribution in [2.45, 2.75) is 38.7 Å². The van der Waals surface area contributed by atoms with Crippen LogP contribution in [-0.4, -0.2) is 35.0 Å². The van der Waals surface area contributed by atoms with E-state index in [1.54, 1.807) is 13.0 Å². The SMILES string of the molecule is CC(Oc1cccnc1F)C(=O)N1CCCCCC1. The highest BCUT2D eigenvalue weighted by molar-refractivity contribution is 5.80. The molecule has 0 aliphatic carbocycles. The zero-order chi connectivity index (χ0) is 13.7. The molecular weight excluding hydrogens is 247 g/mol. The third kappa shape index (κ3) is 3.66. The lowest BCUT2D eigenvalue weighted by atomic mass is 10.2. The van der Waals surface area contributed by atoms with Gasteiger partial charge in [-0.05, 0) is 31.9 Å². The van der Waals surface area contributed by atoms with Crippen molar-refractivity contribution in [3.8, 4) is 5.75 Å². The van der Waals surface area contributed by atoms with E-state index in [9.17, 15) is 9.18 Å². The summed E-state index contributed by atoms with van der Waals surface area (Å²) in [5.74, 6) is -0.735. The number of carbonyl (C=O) groups excluding carboxylic acids is 1. The van der Waals surface area contributed by atoms with E-state index < -0.39 is 12.1 Å². The summed E-state index contributed by atoms with van der Waals surface area (Å²) in [6.07, 6.45) is 5.05. The molecule has 0 radical (unpaired) electrons. The van der Waals surface area contributed by atoms with Gasteiger partial charge in [0, 0.05) is 19.3 Å². The highest BCUT2D eigenvalue weighted by Crippen LogP contribution is 2.17. The van der Waals surface area contributed by atoms with Crippen LogP contribution in [0.4, 0.5) is 4.39 Å². The highest BCUT2D eigenvalue weighted by atomic mass is 19.1. The van der Waals surface area contributed by atoms with E-state index in [2.05, 4.69) is 4.98 Å². The molecule has 104 valence electrons. The number of halogens is 1. The summed E-state index contributed by atoms with van der Waals surface area (Å²) in [4.78, 5) is 17.5. The van der Waals surface area contributed by atoms with Crippen LogP contribution in [0, 0.1) is 5.95 Å². The molecule has 5 heteroatoms. The van der Waals surface area contributed by atoms with Crippen LogP contribution in [0.3, 0.4) is 0 Å². The summed E-state index contributed by atoms with van der Waals surface area (Å²) in [6, 6.07) is 3.07. The Morgan fingerprint density at radius 2 is 2.05 bits per heavy atom. The molecule has 1 aromatic heterocycles. The van der Waals surface area contributed by atoms with Gasteiger partial charge in [0.2, 0.25) is 0 Å². The average molecular weight is 266 g/mol. The van der Waals surface area contributed by atoms with Crippen LogP contribution in [0.1, 0.15) is 32.6 Å². The highest BCUT2D eigenvalue weighted by Gasteiger charge is 2.23. The van der Waals surface area contributed by atoms with Crippen LogP contribution in [0.2, 0.25) is 0 Å². The third-order valence-corrected chi connectivity index (χ3v) is 3.29. The van der Waals surface area contributed by atoms with Gasteiger partial charge >= 0.3 is 0 Å². The van der Waals surface area contributed by atoms with Crippen molar-refractivity contribution >= 4 is 5.91 Å². The van der Waals surface area contributed by atoms with Gasteiger partial charge in [-0.1, -0.05) is 12.8 Å². The summed E-state index contributed by atoms with van der Waals surface area (Å²) in [6.45, 7) is 3.18. The summed E-state index contributed by atoms with van der Waals surface area (Å²) in [5.41, 5.74) is 0. The summed E-state index contributed by atoms with van der Waals surface area (Å²) in [7, 11) is 0. The van der Waals surface area contributed by atoms with Gasteiger partial charge in [-0.15, -0.1) is 0 Å². The topological polar surface area (TPSA) is 42.4 Å². The Balaban J connectivity index is 1.97. The molecule has 0 aromatic carbocycles. The first-order valence-corrected chi connectivity index (χ1v) is 6.74. The Hall–Kier alpha value is -1.65. The van der Waals surface area contributed by atoms with Crippen LogP contribution >= 0.6 is 0 Å². The van der Waals surface area contributed by atoms with Crippen LogP contribution in [0.5, 0.6) is 5.75 Å². The number of hydrogen-bond donors (Lipinski definition) is 0. The van der Waals surface area contributed by atoms with E-state index in [0.717, 1.165) is 38.8 Å². The number of pyridine rings is 1. The van der Waals surface area contributed by atoms with Gasteiger partial charge in [0.05, 0.1) is 0 Å². The number of likely N-dealkylation sites (tertiary alicyclic amines) is 1. The normalized spacial score (nSPS) is 17.7. The van der Waals surface area contributed by atoms with Crippen molar-refractivity contribution < 1.29 is 13.9 Å². The molecule has 1 unspecified atom stereocenters. The molecule has 1 aromatic rings. The molecule has 0 spiro atoms. The number of rotatable bonds is 3. The number of amides is 1. The molecule has 1 amide bonds. The lowest BCUT2D eigenvalue weighted by Crippen LogP contribution is -2.41. The predicted octanol–water partition coefficient (Wildman–Crippen LogP) is 2.39. The Morgan fingerprint density at radius 3 is 2.68 bits per heavy atom. The van der Waals surface area contributed by atoms with Crippen LogP contribution in [-0.2, 0) is 4.79 Å². The van der Waals surface area contributed by atoms with Crippen LogP contribution in [0.25, 0.3) is 0 Å². The number of nitrogens with zero attached hydrogens (tertiary/aromatic N) is 2. The maximum atomic E-state index is 13.4. The molecule has 1 aliphatic heterocycles. The summed E-state index contributed by atoms with van der Waals surface area (Å²) < 4.78 is 18.7. The lowest BCUT2D eigenvalue weighted by molar-refractivity contribution is -0.138. The van der Waals surface area contributed by atoms with E-state index in [0.29, 0.717) is 0 Å². The molecule has 19 heavy (non-hydrogen) atoms. The smallest absolute Gasteiger partial charge is 0.263 e. The second-order valence-electron chi connectivity index (χ2n) is 4.79. The van der Waals surface area contributed by atoms with Gasteiger partial charge in [-0.3, -0.25) is 4.79 Å². The Bertz CT molecular complexity index is 431. The zero-order valence-electron chi connectivity index (χ0n) is 11.1. The van der Waals surface area contributed by atoms with E-state index in [4.69, 9.17) is 4.74 Å². The third-order valence-electron chi connectivity index (χ3n) is 3.29. The van der Waals surface area contributed by atoms with Crippen molar-refractivity contribution in [2.24, 2.45) is 0 Å². The summed E-state index contributed by atoms with van der Waals surface area (Å²) in [5, 5.41) is 0. The fourth-order valence-electron chi connectivity index (χ4n) is 2.25. The second-order valence-corrected chi connectivity index (χ2v) is 4.79. The maximum absolute atomic E-state index is 13.4. The largest absolute Gasteiger partial charge is 0.476 e. The fourth-order valence-corrected chi connectivity index (χ4v) is 2.25. The van der Waals surface area contributed by atoms with Gasteiger partial charge in [0.15, 0.2) is 11.9 Å². The average Bonchev–Trinajstić information content (AvgIpc) is 2.69. The second kappa shape index (κ2) is 6.50. The molecule has 1 atom stereocenters. The number of hydrogen-bond acceptors (Lipinski definition) is 3. The zero-order valence-corrected chi connectivity index (χ0v) is 11.1. The quantitative estimate of drug-likeness (QED) is 0.789. The van der Waals surface area contributed by atoms with Crippen molar-refractivity contribution in [1.82, 2.24) is 9.88 Å². The molecule has 2 rings (SSSR count). The minimum absolute atomic E-state index is 0.0261. The molecule has 1 saturated heterocycles. The lowest BCUT2D eigenvalue weighted by Gasteiger charge is -2.24. The first-order chi connectivity index (χ1) is 9.18. The first-order valence-electron chi connectivity index (χ1n) is 6.74. The van der Waals surface area contributed by atoms with E-state index in [1.165, 1.54) is 12.3 Å². The van der Waals surface area contributed by atoms with Gasteiger partial charge in [0.1, 0.15) is 0 Å². The molecule has 1 aliphatic rings. The number of ether oxygens (including phenoxy) is 1. The van der Waals surface area contributed by atoms with Crippen molar-refractivity contribution in [2.75, 3.05) is 13.1 Å². The summed E-state index contributed by atoms with van der Waals surface area (Å²) >= 11 is 0. The fraction of sp³-hybridized carbons (Fsp3) is 0.571. The minimum Gasteiger partial charge on any atom is -0.476 e. The van der Waals surface area contributed by atoms with E-state index >= 15 is 0 Å². The molecule has 0 N–H and O–H groups in total. The van der Waals surface area contributed by atoms with E-state index in [1.807, 2.05) is 4.90 Å². The Morgan fingerprint density at radius 1 is 1.37 bits per heavy atom. The molecule has 2 heterocycles. The molecule has 0 bridgehead atoms. The molecule has 4 nitrogen and oxygen atoms in total. The van der Waals surface area contributed by atoms with Gasteiger partial charge < -0.3 is 9.64 Å². The predicted molar refractivity (Wildman–Crippen MR) is 69.3 cm³/mol. The van der Waals surface area contributed by atoms with Crippen molar-refractivity contribution in [1.29, 1.82) is 0 Å². The number of aromatic nitrogens is 1. The van der Waals surface area contributed by atoms with Crippen molar-refractivity contribution in [3.63, 3.8) is 0 Å². The van der Waals surface area contributed by atoms with Crippen molar-refractivity contribution in [3.05, 3.63) is 24.3 Å². The first kappa shape index (κ1) is 13.8. The number of carbonyl (C=O) groups is 1. The van der Waals surface area contributed by atoms with Gasteiger partial charge in [-0.2, -0.15) is 4.39 Å².